The molecule has 0 heterocycles. The summed E-state index contributed by atoms with van der Waals surface area (Å²) in [6, 6.07) is 0. The lowest BCUT2D eigenvalue weighted by Gasteiger charge is -2.27. The van der Waals surface area contributed by atoms with Crippen molar-refractivity contribution >= 4 is 0 Å². The highest BCUT2D eigenvalue weighted by Crippen LogP contribution is 2.23. The Balaban J connectivity index is 3.79. The summed E-state index contributed by atoms with van der Waals surface area (Å²) in [5.74, 6) is 0. The van der Waals surface area contributed by atoms with Crippen LogP contribution in [0.3, 0.4) is 0 Å². The third-order valence-electron chi connectivity index (χ3n) is 1.84. The molecule has 0 spiro atoms. The monoisotopic (exact) mass is 160 g/mol. The molecule has 0 aromatic carbocycles. The Kier molecular flexibility index (Phi) is 5.51. The van der Waals surface area contributed by atoms with Gasteiger partial charge in [0.05, 0.1) is 13.2 Å². The van der Waals surface area contributed by atoms with Gasteiger partial charge in [-0.05, 0) is 6.42 Å². The Bertz CT molecular complexity index is 74.5. The topological polar surface area (TPSA) is 18.5 Å². The average molecular weight is 160 g/mol. The van der Waals surface area contributed by atoms with E-state index in [1.165, 1.54) is 6.42 Å². The SMILES string of the molecule is CCCC(C)(COC)COC. The normalized spacial score (nSPS) is 12.0. The first kappa shape index (κ1) is 10.9. The molecule has 0 saturated carbocycles. The summed E-state index contributed by atoms with van der Waals surface area (Å²) in [6.07, 6.45) is 2.35. The van der Waals surface area contributed by atoms with E-state index < -0.39 is 0 Å². The Morgan fingerprint density at radius 1 is 1.09 bits per heavy atom. The molecular weight excluding hydrogens is 140 g/mol. The first-order valence-electron chi connectivity index (χ1n) is 4.16. The van der Waals surface area contributed by atoms with Crippen LogP contribution in [0, 0.1) is 5.41 Å². The molecule has 0 aliphatic rings. The molecule has 0 N–H and O–H groups in total. The number of hydrogen-bond acceptors (Lipinski definition) is 2. The largest absolute Gasteiger partial charge is 0.384 e. The molecule has 0 amide bonds. The second-order valence-corrected chi connectivity index (χ2v) is 3.43. The Morgan fingerprint density at radius 2 is 1.55 bits per heavy atom. The third-order valence-corrected chi connectivity index (χ3v) is 1.84. The highest BCUT2D eigenvalue weighted by molar-refractivity contribution is 4.72. The molecule has 0 aromatic rings. The molecule has 0 unspecified atom stereocenters. The van der Waals surface area contributed by atoms with Gasteiger partial charge >= 0.3 is 0 Å². The molecule has 0 fully saturated rings. The molecule has 11 heavy (non-hydrogen) atoms. The maximum absolute atomic E-state index is 5.13. The minimum atomic E-state index is 0.207. The van der Waals surface area contributed by atoms with Gasteiger partial charge in [-0.15, -0.1) is 0 Å². The van der Waals surface area contributed by atoms with Crippen LogP contribution in [0.25, 0.3) is 0 Å². The molecule has 2 nitrogen and oxygen atoms in total. The quantitative estimate of drug-likeness (QED) is 0.592. The van der Waals surface area contributed by atoms with Crippen LogP contribution in [0.4, 0.5) is 0 Å². The van der Waals surface area contributed by atoms with Crippen LogP contribution in [-0.2, 0) is 9.47 Å². The Morgan fingerprint density at radius 3 is 1.82 bits per heavy atom. The summed E-state index contributed by atoms with van der Waals surface area (Å²) in [4.78, 5) is 0. The smallest absolute Gasteiger partial charge is 0.0538 e. The highest BCUT2D eigenvalue weighted by atomic mass is 16.5. The fourth-order valence-corrected chi connectivity index (χ4v) is 1.49. The number of methoxy groups -OCH3 is 2. The molecule has 2 heteroatoms. The first-order chi connectivity index (χ1) is 5.18. The molecule has 0 atom stereocenters. The molecule has 0 aliphatic carbocycles. The van der Waals surface area contributed by atoms with Crippen LogP contribution in [0.2, 0.25) is 0 Å². The zero-order chi connectivity index (χ0) is 8.74. The summed E-state index contributed by atoms with van der Waals surface area (Å²) < 4.78 is 10.3. The third kappa shape index (κ3) is 4.38. The van der Waals surface area contributed by atoms with Crippen molar-refractivity contribution in [2.75, 3.05) is 27.4 Å². The molecular formula is C9H20O2. The number of ether oxygens (including phenoxy) is 2. The van der Waals surface area contributed by atoms with E-state index in [2.05, 4.69) is 13.8 Å². The fourth-order valence-electron chi connectivity index (χ4n) is 1.49. The van der Waals surface area contributed by atoms with E-state index in [-0.39, 0.29) is 5.41 Å². The van der Waals surface area contributed by atoms with Gasteiger partial charge in [0, 0.05) is 19.6 Å². The van der Waals surface area contributed by atoms with Crippen LogP contribution in [-0.4, -0.2) is 27.4 Å². The summed E-state index contributed by atoms with van der Waals surface area (Å²) in [6.45, 7) is 5.95. The van der Waals surface area contributed by atoms with Gasteiger partial charge in [0.15, 0.2) is 0 Å². The van der Waals surface area contributed by atoms with Crippen molar-refractivity contribution in [3.63, 3.8) is 0 Å². The highest BCUT2D eigenvalue weighted by Gasteiger charge is 2.22. The van der Waals surface area contributed by atoms with Gasteiger partial charge in [-0.3, -0.25) is 0 Å². The molecule has 0 rings (SSSR count). The van der Waals surface area contributed by atoms with Crippen LogP contribution in [0.15, 0.2) is 0 Å². The molecule has 0 radical (unpaired) electrons. The average Bonchev–Trinajstić information content (AvgIpc) is 1.88. The zero-order valence-electron chi connectivity index (χ0n) is 8.14. The van der Waals surface area contributed by atoms with Crippen LogP contribution >= 0.6 is 0 Å². The molecule has 0 aromatic heterocycles. The van der Waals surface area contributed by atoms with Crippen molar-refractivity contribution in [3.05, 3.63) is 0 Å². The van der Waals surface area contributed by atoms with Gasteiger partial charge in [-0.2, -0.15) is 0 Å². The van der Waals surface area contributed by atoms with Gasteiger partial charge in [-0.1, -0.05) is 20.3 Å². The minimum Gasteiger partial charge on any atom is -0.384 e. The molecule has 0 aliphatic heterocycles. The Hall–Kier alpha value is -0.0800. The fraction of sp³-hybridized carbons (Fsp3) is 1.00. The van der Waals surface area contributed by atoms with Crippen molar-refractivity contribution in [2.24, 2.45) is 5.41 Å². The second kappa shape index (κ2) is 5.56. The second-order valence-electron chi connectivity index (χ2n) is 3.43. The van der Waals surface area contributed by atoms with Crippen molar-refractivity contribution < 1.29 is 9.47 Å². The minimum absolute atomic E-state index is 0.207. The van der Waals surface area contributed by atoms with Crippen molar-refractivity contribution in [1.29, 1.82) is 0 Å². The van der Waals surface area contributed by atoms with E-state index in [9.17, 15) is 0 Å². The van der Waals surface area contributed by atoms with Gasteiger partial charge in [0.25, 0.3) is 0 Å². The lowest BCUT2D eigenvalue weighted by atomic mass is 9.87. The zero-order valence-corrected chi connectivity index (χ0v) is 8.14. The van der Waals surface area contributed by atoms with E-state index in [1.807, 2.05) is 0 Å². The lowest BCUT2D eigenvalue weighted by molar-refractivity contribution is 0.0163. The van der Waals surface area contributed by atoms with E-state index in [4.69, 9.17) is 9.47 Å². The maximum Gasteiger partial charge on any atom is 0.0538 e. The molecule has 68 valence electrons. The van der Waals surface area contributed by atoms with Crippen molar-refractivity contribution in [1.82, 2.24) is 0 Å². The molecule has 0 saturated heterocycles. The summed E-state index contributed by atoms with van der Waals surface area (Å²) >= 11 is 0. The lowest BCUT2D eigenvalue weighted by Crippen LogP contribution is -2.27. The van der Waals surface area contributed by atoms with Gasteiger partial charge in [-0.25, -0.2) is 0 Å². The summed E-state index contributed by atoms with van der Waals surface area (Å²) in [5.41, 5.74) is 0.207. The first-order valence-corrected chi connectivity index (χ1v) is 4.16. The van der Waals surface area contributed by atoms with Gasteiger partial charge < -0.3 is 9.47 Å². The number of rotatable bonds is 6. The standard InChI is InChI=1S/C9H20O2/c1-5-6-9(2,7-10-3)8-11-4/h5-8H2,1-4H3. The van der Waals surface area contributed by atoms with Gasteiger partial charge in [0.2, 0.25) is 0 Å². The van der Waals surface area contributed by atoms with E-state index in [0.717, 1.165) is 19.6 Å². The predicted molar refractivity (Wildman–Crippen MR) is 46.8 cm³/mol. The van der Waals surface area contributed by atoms with Crippen molar-refractivity contribution in [2.45, 2.75) is 26.7 Å². The van der Waals surface area contributed by atoms with Crippen LogP contribution in [0.5, 0.6) is 0 Å². The maximum atomic E-state index is 5.13. The van der Waals surface area contributed by atoms with Crippen LogP contribution in [0.1, 0.15) is 26.7 Å². The van der Waals surface area contributed by atoms with E-state index in [1.54, 1.807) is 14.2 Å². The predicted octanol–water partition coefficient (Wildman–Crippen LogP) is 2.09. The molecule has 0 bridgehead atoms. The van der Waals surface area contributed by atoms with E-state index >= 15 is 0 Å². The van der Waals surface area contributed by atoms with Gasteiger partial charge in [0.1, 0.15) is 0 Å². The number of hydrogen-bond donors (Lipinski definition) is 0. The summed E-state index contributed by atoms with van der Waals surface area (Å²) in [5, 5.41) is 0. The van der Waals surface area contributed by atoms with Crippen LogP contribution < -0.4 is 0 Å². The Labute approximate surface area is 69.9 Å². The summed E-state index contributed by atoms with van der Waals surface area (Å²) in [7, 11) is 3.48. The van der Waals surface area contributed by atoms with E-state index in [0.29, 0.717) is 0 Å². The van der Waals surface area contributed by atoms with Crippen molar-refractivity contribution in [3.8, 4) is 0 Å².